The molecular formula is C18H24N2O4. The molecule has 130 valence electrons. The summed E-state index contributed by atoms with van der Waals surface area (Å²) in [6.45, 7) is 7.24. The second-order valence-corrected chi connectivity index (χ2v) is 7.12. The average Bonchev–Trinajstić information content (AvgIpc) is 3.45. The molecule has 4 saturated heterocycles. The summed E-state index contributed by atoms with van der Waals surface area (Å²) in [4.78, 5) is 4.86. The molecule has 0 bridgehead atoms. The fraction of sp³-hybridized carbons (Fsp3) is 0.667. The fourth-order valence-electron chi connectivity index (χ4n) is 3.22. The first-order valence-electron chi connectivity index (χ1n) is 8.90. The quantitative estimate of drug-likeness (QED) is 0.593. The second kappa shape index (κ2) is 6.19. The molecule has 6 nitrogen and oxygen atoms in total. The minimum atomic E-state index is 0.365. The number of ether oxygens (including phenoxy) is 4. The van der Waals surface area contributed by atoms with Crippen molar-refractivity contribution in [2.24, 2.45) is 0 Å². The largest absolute Gasteiger partial charge is 0.371 e. The van der Waals surface area contributed by atoms with Crippen molar-refractivity contribution in [2.75, 3.05) is 62.4 Å². The van der Waals surface area contributed by atoms with Crippen LogP contribution in [0.1, 0.15) is 0 Å². The zero-order valence-corrected chi connectivity index (χ0v) is 13.8. The van der Waals surface area contributed by atoms with Crippen molar-refractivity contribution < 1.29 is 18.9 Å². The molecule has 4 fully saturated rings. The predicted molar refractivity (Wildman–Crippen MR) is 89.8 cm³/mol. The van der Waals surface area contributed by atoms with E-state index in [0.717, 1.165) is 52.6 Å². The lowest BCUT2D eigenvalue weighted by molar-refractivity contribution is 0.386. The van der Waals surface area contributed by atoms with Crippen LogP contribution in [0, 0.1) is 0 Å². The Hall–Kier alpha value is -1.34. The van der Waals surface area contributed by atoms with E-state index in [0.29, 0.717) is 24.4 Å². The summed E-state index contributed by atoms with van der Waals surface area (Å²) >= 11 is 0. The summed E-state index contributed by atoms with van der Waals surface area (Å²) in [5.74, 6) is 0. The molecule has 4 aliphatic heterocycles. The topological polar surface area (TPSA) is 56.6 Å². The van der Waals surface area contributed by atoms with Gasteiger partial charge in [-0.2, -0.15) is 0 Å². The number of anilines is 2. The first-order valence-corrected chi connectivity index (χ1v) is 8.90. The van der Waals surface area contributed by atoms with E-state index in [1.807, 2.05) is 0 Å². The monoisotopic (exact) mass is 332 g/mol. The van der Waals surface area contributed by atoms with Crippen LogP contribution in [0.3, 0.4) is 0 Å². The van der Waals surface area contributed by atoms with Crippen LogP contribution in [-0.2, 0) is 18.9 Å². The van der Waals surface area contributed by atoms with Crippen molar-refractivity contribution in [3.8, 4) is 0 Å². The van der Waals surface area contributed by atoms with Crippen molar-refractivity contribution in [1.29, 1.82) is 0 Å². The first kappa shape index (κ1) is 15.0. The van der Waals surface area contributed by atoms with E-state index >= 15 is 0 Å². The van der Waals surface area contributed by atoms with Crippen molar-refractivity contribution in [2.45, 2.75) is 24.4 Å². The zero-order chi connectivity index (χ0) is 15.9. The Kier molecular flexibility index (Phi) is 3.86. The number of hydrogen-bond donors (Lipinski definition) is 0. The lowest BCUT2D eigenvalue weighted by Crippen LogP contribution is -2.36. The average molecular weight is 332 g/mol. The maximum atomic E-state index is 5.48. The fourth-order valence-corrected chi connectivity index (χ4v) is 3.22. The maximum absolute atomic E-state index is 5.48. The lowest BCUT2D eigenvalue weighted by Gasteiger charge is -2.31. The molecule has 4 atom stereocenters. The van der Waals surface area contributed by atoms with E-state index in [1.165, 1.54) is 11.4 Å². The highest BCUT2D eigenvalue weighted by Crippen LogP contribution is 2.34. The minimum Gasteiger partial charge on any atom is -0.371 e. The summed E-state index contributed by atoms with van der Waals surface area (Å²) in [5.41, 5.74) is 2.54. The third-order valence-electron chi connectivity index (χ3n) is 4.87. The summed E-state index contributed by atoms with van der Waals surface area (Å²) in [7, 11) is 0. The summed E-state index contributed by atoms with van der Waals surface area (Å²) < 4.78 is 21.9. The van der Waals surface area contributed by atoms with Gasteiger partial charge < -0.3 is 28.7 Å². The molecule has 0 spiro atoms. The van der Waals surface area contributed by atoms with Gasteiger partial charge in [-0.15, -0.1) is 0 Å². The molecule has 0 aliphatic carbocycles. The van der Waals surface area contributed by atoms with Crippen molar-refractivity contribution in [3.63, 3.8) is 0 Å². The highest BCUT2D eigenvalue weighted by molar-refractivity contribution is 5.72. The number of rotatable bonds is 10. The van der Waals surface area contributed by atoms with Gasteiger partial charge in [-0.05, 0) is 12.1 Å². The molecule has 1 aromatic carbocycles. The second-order valence-electron chi connectivity index (χ2n) is 7.12. The highest BCUT2D eigenvalue weighted by Gasteiger charge is 2.35. The third-order valence-corrected chi connectivity index (χ3v) is 4.87. The highest BCUT2D eigenvalue weighted by atomic mass is 16.6. The number of hydrogen-bond acceptors (Lipinski definition) is 6. The van der Waals surface area contributed by atoms with E-state index in [-0.39, 0.29) is 0 Å². The Bertz CT molecular complexity index is 503. The van der Waals surface area contributed by atoms with Crippen LogP contribution in [0.5, 0.6) is 0 Å². The SMILES string of the molecule is c1ccc(N(CC2CO2)CC2CO2)c(N(CC2CO2)CC2CO2)c1. The number of benzene rings is 1. The molecule has 0 radical (unpaired) electrons. The Morgan fingerprint density at radius 2 is 0.917 bits per heavy atom. The van der Waals surface area contributed by atoms with E-state index in [4.69, 9.17) is 18.9 Å². The van der Waals surface area contributed by atoms with Crippen LogP contribution in [0.2, 0.25) is 0 Å². The van der Waals surface area contributed by atoms with Crippen LogP contribution in [0.25, 0.3) is 0 Å². The van der Waals surface area contributed by atoms with Crippen LogP contribution in [0.15, 0.2) is 24.3 Å². The van der Waals surface area contributed by atoms with E-state index in [1.54, 1.807) is 0 Å². The van der Waals surface area contributed by atoms with Crippen molar-refractivity contribution >= 4 is 11.4 Å². The molecule has 0 saturated carbocycles. The summed E-state index contributed by atoms with van der Waals surface area (Å²) in [6.07, 6.45) is 1.46. The van der Waals surface area contributed by atoms with Crippen LogP contribution in [0.4, 0.5) is 11.4 Å². The maximum Gasteiger partial charge on any atom is 0.0984 e. The van der Waals surface area contributed by atoms with Gasteiger partial charge in [0.15, 0.2) is 0 Å². The summed E-state index contributed by atoms with van der Waals surface area (Å²) in [5, 5.41) is 0. The molecule has 0 amide bonds. The summed E-state index contributed by atoms with van der Waals surface area (Å²) in [6, 6.07) is 8.67. The third kappa shape index (κ3) is 3.83. The van der Waals surface area contributed by atoms with Gasteiger partial charge in [-0.25, -0.2) is 0 Å². The normalized spacial score (nSPS) is 32.3. The van der Waals surface area contributed by atoms with E-state index in [9.17, 15) is 0 Å². The van der Waals surface area contributed by atoms with Crippen molar-refractivity contribution in [1.82, 2.24) is 0 Å². The van der Waals surface area contributed by atoms with Crippen LogP contribution < -0.4 is 9.80 Å². The lowest BCUT2D eigenvalue weighted by atomic mass is 10.2. The van der Waals surface area contributed by atoms with Gasteiger partial charge in [0.2, 0.25) is 0 Å². The van der Waals surface area contributed by atoms with Crippen LogP contribution >= 0.6 is 0 Å². The van der Waals surface area contributed by atoms with Gasteiger partial charge in [-0.3, -0.25) is 0 Å². The smallest absolute Gasteiger partial charge is 0.0984 e. The van der Waals surface area contributed by atoms with Gasteiger partial charge >= 0.3 is 0 Å². The molecule has 1 aromatic rings. The zero-order valence-electron chi connectivity index (χ0n) is 13.8. The molecular weight excluding hydrogens is 308 g/mol. The van der Waals surface area contributed by atoms with Crippen molar-refractivity contribution in [3.05, 3.63) is 24.3 Å². The Morgan fingerprint density at radius 3 is 1.17 bits per heavy atom. The molecule has 4 unspecified atom stereocenters. The molecule has 0 aromatic heterocycles. The van der Waals surface area contributed by atoms with Crippen LogP contribution in [-0.4, -0.2) is 77.0 Å². The molecule has 6 heteroatoms. The van der Waals surface area contributed by atoms with Gasteiger partial charge in [0.25, 0.3) is 0 Å². The van der Waals surface area contributed by atoms with E-state index in [2.05, 4.69) is 34.1 Å². The Balaban J connectivity index is 1.40. The molecule has 5 rings (SSSR count). The number of nitrogens with zero attached hydrogens (tertiary/aromatic N) is 2. The Labute approximate surface area is 142 Å². The minimum absolute atomic E-state index is 0.365. The van der Waals surface area contributed by atoms with Gasteiger partial charge in [-0.1, -0.05) is 12.1 Å². The number of para-hydroxylation sites is 2. The Morgan fingerprint density at radius 1 is 0.625 bits per heavy atom. The molecule has 4 aliphatic rings. The van der Waals surface area contributed by atoms with Gasteiger partial charge in [0.05, 0.1) is 62.2 Å². The molecule has 24 heavy (non-hydrogen) atoms. The molecule has 0 N–H and O–H groups in total. The number of epoxide rings is 4. The van der Waals surface area contributed by atoms with Gasteiger partial charge in [0, 0.05) is 26.2 Å². The predicted octanol–water partition coefficient (Wildman–Crippen LogP) is 0.895. The van der Waals surface area contributed by atoms with Gasteiger partial charge in [0.1, 0.15) is 0 Å². The first-order chi connectivity index (χ1) is 11.8. The standard InChI is InChI=1S/C18H24N2O4/c1-2-4-18(20(7-15-11-23-15)8-16-12-24-16)17(3-1)19(5-13-9-21-13)6-14-10-22-14/h1-4,13-16H,5-12H2. The van der Waals surface area contributed by atoms with E-state index < -0.39 is 0 Å². The molecule has 4 heterocycles.